The normalized spacial score (nSPS) is 21.9. The van der Waals surface area contributed by atoms with Crippen LogP contribution in [0.15, 0.2) is 53.6 Å². The van der Waals surface area contributed by atoms with Gasteiger partial charge in [-0.3, -0.25) is 14.9 Å². The summed E-state index contributed by atoms with van der Waals surface area (Å²) in [7, 11) is 0. The number of aromatic nitrogens is 2. The molecule has 8 heteroatoms. The Morgan fingerprint density at radius 2 is 1.85 bits per heavy atom. The Labute approximate surface area is 201 Å². The first-order valence-electron chi connectivity index (χ1n) is 11.5. The highest BCUT2D eigenvalue weighted by Crippen LogP contribution is 2.28. The lowest BCUT2D eigenvalue weighted by Crippen LogP contribution is -2.33. The van der Waals surface area contributed by atoms with Crippen LogP contribution in [0.3, 0.4) is 0 Å². The largest absolute Gasteiger partial charge is 0.310 e. The van der Waals surface area contributed by atoms with E-state index >= 15 is 0 Å². The standard InChI is InChI=1S/C26H25FN4O2S/c27-22-10-7-17(20-3-1-2-4-21(20)22)15-29-18-8-5-16(6-9-18)13-24-28-12-11-19(30-24)14-23-25(32)31-26(33)34-23/h1-4,7,10-12,14,16,18,29H,5-6,8-9,13,15H2,(H,31,32,33)/b23-14-. The molecule has 0 radical (unpaired) electrons. The van der Waals surface area contributed by atoms with Gasteiger partial charge in [-0.1, -0.05) is 30.3 Å². The van der Waals surface area contributed by atoms with Crippen LogP contribution in [-0.2, 0) is 17.8 Å². The van der Waals surface area contributed by atoms with Gasteiger partial charge in [0, 0.05) is 30.6 Å². The van der Waals surface area contributed by atoms with Crippen molar-refractivity contribution >= 4 is 39.8 Å². The van der Waals surface area contributed by atoms with E-state index in [0.717, 1.165) is 67.2 Å². The summed E-state index contributed by atoms with van der Waals surface area (Å²) in [5.41, 5.74) is 1.76. The predicted octanol–water partition coefficient (Wildman–Crippen LogP) is 4.98. The molecule has 5 rings (SSSR count). The van der Waals surface area contributed by atoms with E-state index in [9.17, 15) is 14.0 Å². The number of hydrogen-bond donors (Lipinski definition) is 2. The molecule has 6 nitrogen and oxygen atoms in total. The van der Waals surface area contributed by atoms with Crippen molar-refractivity contribution in [3.8, 4) is 0 Å². The zero-order chi connectivity index (χ0) is 23.5. The highest BCUT2D eigenvalue weighted by molar-refractivity contribution is 8.18. The van der Waals surface area contributed by atoms with Crippen molar-refractivity contribution in [3.63, 3.8) is 0 Å². The zero-order valence-electron chi connectivity index (χ0n) is 18.6. The summed E-state index contributed by atoms with van der Waals surface area (Å²) in [6.45, 7) is 0.726. The van der Waals surface area contributed by atoms with Crippen molar-refractivity contribution in [2.45, 2.75) is 44.7 Å². The van der Waals surface area contributed by atoms with Gasteiger partial charge in [0.05, 0.1) is 10.6 Å². The summed E-state index contributed by atoms with van der Waals surface area (Å²) in [4.78, 5) is 32.5. The van der Waals surface area contributed by atoms with Gasteiger partial charge in [-0.05, 0) is 72.5 Å². The number of thioether (sulfide) groups is 1. The molecular weight excluding hydrogens is 451 g/mol. The Hall–Kier alpha value is -3.10. The Bertz CT molecular complexity index is 1270. The van der Waals surface area contributed by atoms with Crippen LogP contribution in [0.4, 0.5) is 9.18 Å². The number of nitrogens with one attached hydrogen (secondary N) is 2. The molecule has 0 spiro atoms. The van der Waals surface area contributed by atoms with Crippen molar-refractivity contribution in [1.82, 2.24) is 20.6 Å². The van der Waals surface area contributed by atoms with E-state index < -0.39 is 0 Å². The number of amides is 2. The van der Waals surface area contributed by atoms with Gasteiger partial charge in [0.15, 0.2) is 0 Å². The van der Waals surface area contributed by atoms with Crippen LogP contribution >= 0.6 is 11.8 Å². The predicted molar refractivity (Wildman–Crippen MR) is 131 cm³/mol. The maximum atomic E-state index is 14.1. The average molecular weight is 477 g/mol. The fraction of sp³-hybridized carbons (Fsp3) is 0.308. The fourth-order valence-electron chi connectivity index (χ4n) is 4.71. The van der Waals surface area contributed by atoms with Crippen LogP contribution in [0, 0.1) is 11.7 Å². The molecule has 2 N–H and O–H groups in total. The van der Waals surface area contributed by atoms with E-state index in [1.165, 1.54) is 0 Å². The van der Waals surface area contributed by atoms with Gasteiger partial charge in [0.2, 0.25) is 0 Å². The summed E-state index contributed by atoms with van der Waals surface area (Å²) in [5.74, 6) is 0.715. The van der Waals surface area contributed by atoms with Crippen molar-refractivity contribution in [2.24, 2.45) is 5.92 Å². The Kier molecular flexibility index (Phi) is 6.69. The monoisotopic (exact) mass is 476 g/mol. The van der Waals surface area contributed by atoms with E-state index in [2.05, 4.69) is 20.6 Å². The quantitative estimate of drug-likeness (QED) is 0.488. The molecule has 174 valence electrons. The number of rotatable bonds is 6. The van der Waals surface area contributed by atoms with Crippen LogP contribution in [-0.4, -0.2) is 27.2 Å². The van der Waals surface area contributed by atoms with E-state index in [-0.39, 0.29) is 17.0 Å². The number of imide groups is 1. The first-order chi connectivity index (χ1) is 16.5. The molecule has 3 aromatic rings. The Morgan fingerprint density at radius 1 is 1.06 bits per heavy atom. The van der Waals surface area contributed by atoms with Gasteiger partial charge in [-0.25, -0.2) is 14.4 Å². The second-order valence-corrected chi connectivity index (χ2v) is 9.82. The summed E-state index contributed by atoms with van der Waals surface area (Å²) in [5, 5.41) is 7.19. The molecule has 1 aromatic heterocycles. The third-order valence-electron chi connectivity index (χ3n) is 6.51. The number of hydrogen-bond acceptors (Lipinski definition) is 6. The highest BCUT2D eigenvalue weighted by atomic mass is 32.2. The number of carbonyl (C=O) groups is 2. The lowest BCUT2D eigenvalue weighted by Gasteiger charge is -2.29. The number of nitrogens with zero attached hydrogens (tertiary/aromatic N) is 2. The molecule has 1 aliphatic carbocycles. The van der Waals surface area contributed by atoms with Crippen molar-refractivity contribution in [2.75, 3.05) is 0 Å². The van der Waals surface area contributed by atoms with Crippen LogP contribution < -0.4 is 10.6 Å². The first-order valence-corrected chi connectivity index (χ1v) is 12.3. The summed E-state index contributed by atoms with van der Waals surface area (Å²) < 4.78 is 14.1. The summed E-state index contributed by atoms with van der Waals surface area (Å²) in [6, 6.07) is 13.2. The van der Waals surface area contributed by atoms with Gasteiger partial charge in [0.25, 0.3) is 11.1 Å². The molecule has 1 aliphatic heterocycles. The van der Waals surface area contributed by atoms with Gasteiger partial charge < -0.3 is 5.32 Å². The van der Waals surface area contributed by atoms with Crippen LogP contribution in [0.25, 0.3) is 16.8 Å². The van der Waals surface area contributed by atoms with Crippen LogP contribution in [0.1, 0.15) is 42.8 Å². The number of carbonyl (C=O) groups excluding carboxylic acids is 2. The molecule has 2 aliphatic rings. The first kappa shape index (κ1) is 22.7. The van der Waals surface area contributed by atoms with Crippen molar-refractivity contribution < 1.29 is 14.0 Å². The number of fused-ring (bicyclic) bond motifs is 1. The molecular formula is C26H25FN4O2S. The Morgan fingerprint density at radius 3 is 2.62 bits per heavy atom. The fourth-order valence-corrected chi connectivity index (χ4v) is 5.38. The second kappa shape index (κ2) is 10.0. The highest BCUT2D eigenvalue weighted by Gasteiger charge is 2.25. The van der Waals surface area contributed by atoms with E-state index in [0.29, 0.717) is 27.9 Å². The molecule has 0 atom stereocenters. The molecule has 2 fully saturated rings. The Balaban J connectivity index is 1.15. The van der Waals surface area contributed by atoms with Gasteiger partial charge in [-0.2, -0.15) is 0 Å². The third kappa shape index (κ3) is 5.18. The van der Waals surface area contributed by atoms with E-state index in [1.54, 1.807) is 24.4 Å². The molecule has 1 saturated heterocycles. The third-order valence-corrected chi connectivity index (χ3v) is 7.32. The molecule has 0 bridgehead atoms. The lowest BCUT2D eigenvalue weighted by atomic mass is 9.84. The molecule has 2 aromatic carbocycles. The molecule has 0 unspecified atom stereocenters. The average Bonchev–Trinajstić information content (AvgIpc) is 3.16. The van der Waals surface area contributed by atoms with Crippen molar-refractivity contribution in [1.29, 1.82) is 0 Å². The maximum absolute atomic E-state index is 14.1. The molecule has 2 heterocycles. The molecule has 34 heavy (non-hydrogen) atoms. The van der Waals surface area contributed by atoms with E-state index in [1.807, 2.05) is 30.3 Å². The lowest BCUT2D eigenvalue weighted by molar-refractivity contribution is -0.115. The topological polar surface area (TPSA) is 84.0 Å². The molecule has 1 saturated carbocycles. The van der Waals surface area contributed by atoms with Crippen molar-refractivity contribution in [3.05, 3.63) is 76.5 Å². The SMILES string of the molecule is O=C1NC(=O)/C(=C/c2ccnc(CC3CCC(NCc4ccc(F)c5ccccc45)CC3)n2)S1. The smallest absolute Gasteiger partial charge is 0.290 e. The number of halogens is 1. The second-order valence-electron chi connectivity index (χ2n) is 8.80. The minimum Gasteiger partial charge on any atom is -0.310 e. The van der Waals surface area contributed by atoms with Gasteiger partial charge >= 0.3 is 0 Å². The molecule has 2 amide bonds. The van der Waals surface area contributed by atoms with Crippen LogP contribution in [0.5, 0.6) is 0 Å². The zero-order valence-corrected chi connectivity index (χ0v) is 19.4. The summed E-state index contributed by atoms with van der Waals surface area (Å²) >= 11 is 0.890. The van der Waals surface area contributed by atoms with E-state index in [4.69, 9.17) is 0 Å². The minimum absolute atomic E-state index is 0.180. The van der Waals surface area contributed by atoms with Gasteiger partial charge in [0.1, 0.15) is 11.6 Å². The maximum Gasteiger partial charge on any atom is 0.290 e. The van der Waals surface area contributed by atoms with Gasteiger partial charge in [-0.15, -0.1) is 0 Å². The minimum atomic E-state index is -0.380. The summed E-state index contributed by atoms with van der Waals surface area (Å²) in [6.07, 6.45) is 8.46. The van der Waals surface area contributed by atoms with Crippen LogP contribution in [0.2, 0.25) is 0 Å². The number of benzene rings is 2.